The molecule has 0 saturated carbocycles. The normalized spacial score (nSPS) is 10.4. The maximum atomic E-state index is 6.08. The van der Waals surface area contributed by atoms with Crippen molar-refractivity contribution in [2.24, 2.45) is 0 Å². The van der Waals surface area contributed by atoms with Crippen molar-refractivity contribution in [1.29, 1.82) is 0 Å². The van der Waals surface area contributed by atoms with E-state index in [4.69, 9.17) is 34.8 Å². The summed E-state index contributed by atoms with van der Waals surface area (Å²) in [7, 11) is 0. The molecule has 0 spiro atoms. The van der Waals surface area contributed by atoms with Crippen LogP contribution in [0.3, 0.4) is 0 Å². The summed E-state index contributed by atoms with van der Waals surface area (Å²) in [5.41, 5.74) is 1.55. The Morgan fingerprint density at radius 2 is 1.83 bits per heavy atom. The summed E-state index contributed by atoms with van der Waals surface area (Å²) in [5, 5.41) is 4.80. The number of aromatic nitrogens is 1. The largest absolute Gasteiger partial charge is 0.378 e. The fraction of sp³-hybridized carbons (Fsp3) is 0.0833. The second-order valence-electron chi connectivity index (χ2n) is 3.55. The molecule has 0 bridgehead atoms. The summed E-state index contributed by atoms with van der Waals surface area (Å²) in [6, 6.07) is 7.25. The smallest absolute Gasteiger partial charge is 0.152 e. The van der Waals surface area contributed by atoms with Gasteiger partial charge in [0.25, 0.3) is 0 Å². The molecule has 0 atom stereocenters. The molecule has 1 aromatic heterocycles. The van der Waals surface area contributed by atoms with Crippen molar-refractivity contribution >= 4 is 56.4 Å². The third-order valence-electron chi connectivity index (χ3n) is 2.32. The Kier molecular flexibility index (Phi) is 4.73. The lowest BCUT2D eigenvalue weighted by Crippen LogP contribution is -2.02. The van der Waals surface area contributed by atoms with Crippen molar-refractivity contribution in [2.75, 3.05) is 5.32 Å². The molecule has 0 aliphatic heterocycles. The topological polar surface area (TPSA) is 24.9 Å². The van der Waals surface area contributed by atoms with Crippen molar-refractivity contribution in [3.05, 3.63) is 55.7 Å². The van der Waals surface area contributed by atoms with Crippen LogP contribution in [0.25, 0.3) is 0 Å². The van der Waals surface area contributed by atoms with Gasteiger partial charge >= 0.3 is 0 Å². The van der Waals surface area contributed by atoms with E-state index in [-0.39, 0.29) is 0 Å². The van der Waals surface area contributed by atoms with Gasteiger partial charge in [-0.15, -0.1) is 0 Å². The lowest BCUT2D eigenvalue weighted by atomic mass is 10.2. The predicted octanol–water partition coefficient (Wildman–Crippen LogP) is 5.42. The number of benzene rings is 1. The van der Waals surface area contributed by atoms with Crippen LogP contribution in [0.1, 0.15) is 5.56 Å². The number of anilines is 1. The Bertz CT molecular complexity index is 555. The monoisotopic (exact) mass is 364 g/mol. The highest BCUT2D eigenvalue weighted by Gasteiger charge is 2.07. The van der Waals surface area contributed by atoms with E-state index >= 15 is 0 Å². The number of pyridine rings is 1. The van der Waals surface area contributed by atoms with Gasteiger partial charge in [-0.3, -0.25) is 0 Å². The van der Waals surface area contributed by atoms with Gasteiger partial charge in [-0.25, -0.2) is 4.98 Å². The first-order chi connectivity index (χ1) is 8.58. The van der Waals surface area contributed by atoms with Gasteiger partial charge in [0.1, 0.15) is 0 Å². The summed E-state index contributed by atoms with van der Waals surface area (Å²) >= 11 is 21.5. The highest BCUT2D eigenvalue weighted by Crippen LogP contribution is 2.27. The van der Waals surface area contributed by atoms with Crippen molar-refractivity contribution in [2.45, 2.75) is 6.54 Å². The molecule has 0 aliphatic carbocycles. The fourth-order valence-electron chi connectivity index (χ4n) is 1.43. The minimum Gasteiger partial charge on any atom is -0.378 e. The summed E-state index contributed by atoms with van der Waals surface area (Å²) in [6.07, 6.45) is 1.63. The second-order valence-corrected chi connectivity index (χ2v) is 5.63. The number of halogens is 4. The Hall–Kier alpha value is -0.480. The van der Waals surface area contributed by atoms with E-state index < -0.39 is 0 Å². The third kappa shape index (κ3) is 3.29. The van der Waals surface area contributed by atoms with Gasteiger partial charge < -0.3 is 5.32 Å². The average molecular weight is 366 g/mol. The van der Waals surface area contributed by atoms with Gasteiger partial charge in [0.15, 0.2) is 5.15 Å². The summed E-state index contributed by atoms with van der Waals surface area (Å²) in [4.78, 5) is 4.03. The standard InChI is InChI=1S/C12H8BrCl3N2/c13-7-4-11(12(16)18-5-7)17-6-8-9(14)2-1-3-10(8)15/h1-5,17H,6H2. The molecule has 2 nitrogen and oxygen atoms in total. The van der Waals surface area contributed by atoms with E-state index in [0.29, 0.717) is 21.7 Å². The predicted molar refractivity (Wildman–Crippen MR) is 80.7 cm³/mol. The first-order valence-corrected chi connectivity index (χ1v) is 6.98. The van der Waals surface area contributed by atoms with Crippen LogP contribution in [-0.2, 0) is 6.54 Å². The molecule has 0 radical (unpaired) electrons. The molecule has 0 saturated heterocycles. The fourth-order valence-corrected chi connectivity index (χ4v) is 2.46. The number of nitrogens with one attached hydrogen (secondary N) is 1. The molecule has 1 heterocycles. The molecule has 2 rings (SSSR count). The minimum absolute atomic E-state index is 0.404. The zero-order chi connectivity index (χ0) is 13.1. The van der Waals surface area contributed by atoms with Gasteiger partial charge in [-0.05, 0) is 34.1 Å². The van der Waals surface area contributed by atoms with Crippen molar-refractivity contribution in [1.82, 2.24) is 4.98 Å². The van der Waals surface area contributed by atoms with E-state index in [1.165, 1.54) is 0 Å². The van der Waals surface area contributed by atoms with Crippen LogP contribution in [0.5, 0.6) is 0 Å². The summed E-state index contributed by atoms with van der Waals surface area (Å²) in [6.45, 7) is 0.483. The van der Waals surface area contributed by atoms with Gasteiger partial charge in [0.05, 0.1) is 5.69 Å². The maximum absolute atomic E-state index is 6.08. The van der Waals surface area contributed by atoms with Crippen LogP contribution >= 0.6 is 50.7 Å². The van der Waals surface area contributed by atoms with Crippen LogP contribution < -0.4 is 5.32 Å². The molecule has 0 unspecified atom stereocenters. The highest BCUT2D eigenvalue weighted by molar-refractivity contribution is 9.10. The van der Waals surface area contributed by atoms with Crippen LogP contribution in [-0.4, -0.2) is 4.98 Å². The zero-order valence-corrected chi connectivity index (χ0v) is 12.9. The maximum Gasteiger partial charge on any atom is 0.152 e. The zero-order valence-electron chi connectivity index (χ0n) is 9.05. The third-order valence-corrected chi connectivity index (χ3v) is 3.77. The summed E-state index contributed by atoms with van der Waals surface area (Å²) in [5.74, 6) is 0. The van der Waals surface area contributed by atoms with E-state index in [2.05, 4.69) is 26.2 Å². The quantitative estimate of drug-likeness (QED) is 0.734. The minimum atomic E-state index is 0.404. The molecule has 2 aromatic rings. The first-order valence-electron chi connectivity index (χ1n) is 5.05. The second kappa shape index (κ2) is 6.11. The number of hydrogen-bond acceptors (Lipinski definition) is 2. The SMILES string of the molecule is Clc1cccc(Cl)c1CNc1cc(Br)cnc1Cl. The van der Waals surface area contributed by atoms with Crippen molar-refractivity contribution in [3.63, 3.8) is 0 Å². The number of nitrogens with zero attached hydrogens (tertiary/aromatic N) is 1. The van der Waals surface area contributed by atoms with E-state index in [0.717, 1.165) is 15.7 Å². The first kappa shape index (κ1) is 13.9. The van der Waals surface area contributed by atoms with Crippen molar-refractivity contribution < 1.29 is 0 Å². The molecular formula is C12H8BrCl3N2. The molecule has 0 fully saturated rings. The van der Waals surface area contributed by atoms with Gasteiger partial charge in [0, 0.05) is 32.8 Å². The summed E-state index contributed by atoms with van der Waals surface area (Å²) < 4.78 is 0.847. The van der Waals surface area contributed by atoms with E-state index in [9.17, 15) is 0 Å². The van der Waals surface area contributed by atoms with Crippen LogP contribution in [0.4, 0.5) is 5.69 Å². The Balaban J connectivity index is 2.19. The molecule has 1 aromatic carbocycles. The van der Waals surface area contributed by atoms with E-state index in [1.54, 1.807) is 18.3 Å². The van der Waals surface area contributed by atoms with Crippen LogP contribution in [0.2, 0.25) is 15.2 Å². The van der Waals surface area contributed by atoms with Gasteiger partial charge in [-0.1, -0.05) is 40.9 Å². The molecular weight excluding hydrogens is 358 g/mol. The van der Waals surface area contributed by atoms with Gasteiger partial charge in [-0.2, -0.15) is 0 Å². The van der Waals surface area contributed by atoms with E-state index in [1.807, 2.05) is 12.1 Å². The highest BCUT2D eigenvalue weighted by atomic mass is 79.9. The molecule has 0 aliphatic rings. The van der Waals surface area contributed by atoms with Crippen LogP contribution in [0.15, 0.2) is 34.9 Å². The Labute approximate surface area is 128 Å². The Morgan fingerprint density at radius 3 is 2.50 bits per heavy atom. The Morgan fingerprint density at radius 1 is 1.17 bits per heavy atom. The number of rotatable bonds is 3. The molecule has 1 N–H and O–H groups in total. The number of hydrogen-bond donors (Lipinski definition) is 1. The molecule has 0 amide bonds. The van der Waals surface area contributed by atoms with Crippen molar-refractivity contribution in [3.8, 4) is 0 Å². The molecule has 94 valence electrons. The average Bonchev–Trinajstić information content (AvgIpc) is 2.33. The molecule has 6 heteroatoms. The lowest BCUT2D eigenvalue weighted by Gasteiger charge is -2.10. The van der Waals surface area contributed by atoms with Gasteiger partial charge in [0.2, 0.25) is 0 Å². The van der Waals surface area contributed by atoms with Crippen LogP contribution in [0, 0.1) is 0 Å². The molecule has 18 heavy (non-hydrogen) atoms. The lowest BCUT2D eigenvalue weighted by molar-refractivity contribution is 1.13.